The van der Waals surface area contributed by atoms with Crippen molar-refractivity contribution in [1.29, 1.82) is 0 Å². The van der Waals surface area contributed by atoms with Crippen LogP contribution in [0.5, 0.6) is 17.2 Å². The number of benzene rings is 1. The van der Waals surface area contributed by atoms with Crippen molar-refractivity contribution >= 4 is 17.3 Å². The first-order chi connectivity index (χ1) is 6.11. The Morgan fingerprint density at radius 3 is 2.31 bits per heavy atom. The average molecular weight is 204 g/mol. The number of methoxy groups -OCH3 is 2. The largest absolute Gasteiger partial charge is 0.506 e. The molecule has 4 nitrogen and oxygen atoms in total. The molecule has 0 aliphatic carbocycles. The first-order valence-electron chi connectivity index (χ1n) is 3.50. The van der Waals surface area contributed by atoms with Gasteiger partial charge in [-0.15, -0.1) is 0 Å². The van der Waals surface area contributed by atoms with Crippen LogP contribution >= 0.6 is 11.6 Å². The zero-order valence-corrected chi connectivity index (χ0v) is 8.05. The molecule has 0 aromatic heterocycles. The molecule has 0 fully saturated rings. The number of nitrogens with two attached hydrogens (primary N) is 1. The Labute approximate surface area is 80.8 Å². The highest BCUT2D eigenvalue weighted by molar-refractivity contribution is 6.34. The Morgan fingerprint density at radius 1 is 1.31 bits per heavy atom. The van der Waals surface area contributed by atoms with Crippen molar-refractivity contribution in [3.63, 3.8) is 0 Å². The molecule has 0 aliphatic rings. The summed E-state index contributed by atoms with van der Waals surface area (Å²) in [6.07, 6.45) is 0. The van der Waals surface area contributed by atoms with E-state index in [1.165, 1.54) is 20.3 Å². The number of rotatable bonds is 2. The van der Waals surface area contributed by atoms with E-state index in [2.05, 4.69) is 0 Å². The second-order valence-electron chi connectivity index (χ2n) is 2.37. The topological polar surface area (TPSA) is 64.7 Å². The smallest absolute Gasteiger partial charge is 0.185 e. The van der Waals surface area contributed by atoms with Gasteiger partial charge in [0.1, 0.15) is 10.8 Å². The van der Waals surface area contributed by atoms with E-state index in [1.807, 2.05) is 0 Å². The van der Waals surface area contributed by atoms with Gasteiger partial charge in [-0.25, -0.2) is 0 Å². The number of nitrogen functional groups attached to an aromatic ring is 1. The van der Waals surface area contributed by atoms with Crippen LogP contribution in [-0.4, -0.2) is 19.3 Å². The second-order valence-corrected chi connectivity index (χ2v) is 2.74. The van der Waals surface area contributed by atoms with Gasteiger partial charge < -0.3 is 20.3 Å². The first kappa shape index (κ1) is 9.80. The van der Waals surface area contributed by atoms with Crippen LogP contribution in [0.1, 0.15) is 0 Å². The van der Waals surface area contributed by atoms with E-state index < -0.39 is 0 Å². The number of phenols is 1. The number of hydrogen-bond acceptors (Lipinski definition) is 4. The summed E-state index contributed by atoms with van der Waals surface area (Å²) in [5.74, 6) is 0.434. The fourth-order valence-electron chi connectivity index (χ4n) is 1.02. The quantitative estimate of drug-likeness (QED) is 0.718. The normalized spacial score (nSPS) is 9.77. The molecular weight excluding hydrogens is 194 g/mol. The van der Waals surface area contributed by atoms with Gasteiger partial charge in [0.05, 0.1) is 19.9 Å². The molecule has 0 spiro atoms. The van der Waals surface area contributed by atoms with Crippen molar-refractivity contribution in [3.05, 3.63) is 11.1 Å². The minimum atomic E-state index is -0.128. The molecule has 0 heterocycles. The van der Waals surface area contributed by atoms with E-state index in [9.17, 15) is 5.11 Å². The van der Waals surface area contributed by atoms with Gasteiger partial charge >= 0.3 is 0 Å². The Balaban J connectivity index is 3.41. The molecule has 72 valence electrons. The average Bonchev–Trinajstić information content (AvgIpc) is 2.10. The molecule has 1 aromatic rings. The molecule has 13 heavy (non-hydrogen) atoms. The maximum Gasteiger partial charge on any atom is 0.185 e. The van der Waals surface area contributed by atoms with Gasteiger partial charge in [-0.3, -0.25) is 0 Å². The highest BCUT2D eigenvalue weighted by Gasteiger charge is 2.16. The summed E-state index contributed by atoms with van der Waals surface area (Å²) < 4.78 is 9.89. The number of aromatic hydroxyl groups is 1. The Morgan fingerprint density at radius 2 is 1.85 bits per heavy atom. The molecule has 0 radical (unpaired) electrons. The van der Waals surface area contributed by atoms with Gasteiger partial charge in [0.25, 0.3) is 0 Å². The first-order valence-corrected chi connectivity index (χ1v) is 3.88. The fourth-order valence-corrected chi connectivity index (χ4v) is 1.23. The van der Waals surface area contributed by atoms with Crippen molar-refractivity contribution in [1.82, 2.24) is 0 Å². The van der Waals surface area contributed by atoms with Crippen LogP contribution in [0.15, 0.2) is 6.07 Å². The Bertz CT molecular complexity index is 328. The van der Waals surface area contributed by atoms with Crippen LogP contribution in [0.3, 0.4) is 0 Å². The van der Waals surface area contributed by atoms with E-state index in [4.69, 9.17) is 26.8 Å². The molecule has 0 unspecified atom stereocenters. The van der Waals surface area contributed by atoms with E-state index in [1.54, 1.807) is 0 Å². The minimum absolute atomic E-state index is 0.0913. The van der Waals surface area contributed by atoms with Gasteiger partial charge in [-0.05, 0) is 0 Å². The third-order valence-corrected chi connectivity index (χ3v) is 1.96. The van der Waals surface area contributed by atoms with Gasteiger partial charge in [0.15, 0.2) is 11.5 Å². The summed E-state index contributed by atoms with van der Waals surface area (Å²) >= 11 is 5.74. The van der Waals surface area contributed by atoms with Crippen molar-refractivity contribution in [2.75, 3.05) is 20.0 Å². The van der Waals surface area contributed by atoms with Crippen LogP contribution in [0, 0.1) is 0 Å². The number of halogens is 1. The molecule has 0 aliphatic heterocycles. The highest BCUT2D eigenvalue weighted by Crippen LogP contribution is 2.44. The van der Waals surface area contributed by atoms with Gasteiger partial charge in [0, 0.05) is 6.07 Å². The van der Waals surface area contributed by atoms with Crippen LogP contribution in [0.4, 0.5) is 5.69 Å². The zero-order valence-electron chi connectivity index (χ0n) is 7.30. The summed E-state index contributed by atoms with van der Waals surface area (Å²) in [4.78, 5) is 0. The maximum atomic E-state index is 9.28. The predicted molar refractivity (Wildman–Crippen MR) is 50.6 cm³/mol. The molecule has 0 bridgehead atoms. The summed E-state index contributed by atoms with van der Waals surface area (Å²) in [6, 6.07) is 1.31. The monoisotopic (exact) mass is 203 g/mol. The van der Waals surface area contributed by atoms with Crippen molar-refractivity contribution in [2.24, 2.45) is 0 Å². The Hall–Kier alpha value is -1.29. The molecule has 0 atom stereocenters. The third kappa shape index (κ3) is 1.58. The summed E-state index contributed by atoms with van der Waals surface area (Å²) in [7, 11) is 2.87. The molecular formula is C8H10ClNO3. The van der Waals surface area contributed by atoms with Crippen LogP contribution in [0.2, 0.25) is 5.02 Å². The molecule has 3 N–H and O–H groups in total. The number of anilines is 1. The predicted octanol–water partition coefficient (Wildman–Crippen LogP) is 1.64. The molecule has 1 aromatic carbocycles. The zero-order chi connectivity index (χ0) is 10.0. The molecule has 0 saturated carbocycles. The molecule has 0 amide bonds. The van der Waals surface area contributed by atoms with Crippen molar-refractivity contribution in [2.45, 2.75) is 0 Å². The van der Waals surface area contributed by atoms with E-state index in [0.29, 0.717) is 5.75 Å². The lowest BCUT2D eigenvalue weighted by Gasteiger charge is -2.12. The second kappa shape index (κ2) is 3.62. The number of hydrogen-bond donors (Lipinski definition) is 2. The minimum Gasteiger partial charge on any atom is -0.506 e. The van der Waals surface area contributed by atoms with Crippen molar-refractivity contribution in [3.8, 4) is 17.2 Å². The number of phenolic OH excluding ortho intramolecular Hbond substituents is 1. The van der Waals surface area contributed by atoms with Crippen LogP contribution < -0.4 is 15.2 Å². The van der Waals surface area contributed by atoms with E-state index in [0.717, 1.165) is 0 Å². The van der Waals surface area contributed by atoms with E-state index >= 15 is 0 Å². The third-order valence-electron chi connectivity index (χ3n) is 1.59. The standard InChI is InChI=1S/C8H10ClNO3/c1-12-7-4(10)3-5(11)6(9)8(7)13-2/h3,11H,10H2,1-2H3. The summed E-state index contributed by atoms with van der Waals surface area (Å²) in [6.45, 7) is 0. The van der Waals surface area contributed by atoms with Crippen LogP contribution in [-0.2, 0) is 0 Å². The summed E-state index contributed by atoms with van der Waals surface area (Å²) in [5.41, 5.74) is 5.83. The highest BCUT2D eigenvalue weighted by atomic mass is 35.5. The maximum absolute atomic E-state index is 9.28. The molecule has 0 saturated heterocycles. The lowest BCUT2D eigenvalue weighted by molar-refractivity contribution is 0.353. The molecule has 5 heteroatoms. The van der Waals surface area contributed by atoms with Crippen molar-refractivity contribution < 1.29 is 14.6 Å². The van der Waals surface area contributed by atoms with E-state index in [-0.39, 0.29) is 22.2 Å². The van der Waals surface area contributed by atoms with Gasteiger partial charge in [-0.1, -0.05) is 11.6 Å². The fraction of sp³-hybridized carbons (Fsp3) is 0.250. The lowest BCUT2D eigenvalue weighted by Crippen LogP contribution is -1.96. The van der Waals surface area contributed by atoms with Gasteiger partial charge in [-0.2, -0.15) is 0 Å². The van der Waals surface area contributed by atoms with Crippen LogP contribution in [0.25, 0.3) is 0 Å². The molecule has 1 rings (SSSR count). The summed E-state index contributed by atoms with van der Waals surface area (Å²) in [5, 5.41) is 9.38. The SMILES string of the molecule is COc1c(N)cc(O)c(Cl)c1OC. The van der Waals surface area contributed by atoms with Gasteiger partial charge in [0.2, 0.25) is 0 Å². The number of ether oxygens (including phenoxy) is 2. The lowest BCUT2D eigenvalue weighted by atomic mass is 10.2. The Kier molecular flexibility index (Phi) is 2.72.